The van der Waals surface area contributed by atoms with E-state index in [0.717, 1.165) is 6.07 Å². The van der Waals surface area contributed by atoms with Crippen molar-refractivity contribution in [3.8, 4) is 22.6 Å². The molecule has 37 heavy (non-hydrogen) atoms. The number of alkyl halides is 3. The van der Waals surface area contributed by atoms with Crippen molar-refractivity contribution in [2.75, 3.05) is 13.7 Å². The zero-order valence-electron chi connectivity index (χ0n) is 20.7. The number of rotatable bonds is 10. The molecule has 0 aromatic heterocycles. The summed E-state index contributed by atoms with van der Waals surface area (Å²) in [6.07, 6.45) is -6.32. The Balaban J connectivity index is 1.99. The number of halogens is 3. The van der Waals surface area contributed by atoms with E-state index >= 15 is 0 Å². The van der Waals surface area contributed by atoms with Crippen LogP contribution in [0.5, 0.6) is 11.5 Å². The molecule has 0 radical (unpaired) electrons. The minimum atomic E-state index is -4.75. The molecule has 0 fully saturated rings. The molecule has 0 saturated heterocycles. The number of carboxylic acids is 1. The van der Waals surface area contributed by atoms with Crippen LogP contribution in [0.3, 0.4) is 0 Å². The Kier molecular flexibility index (Phi) is 8.81. The van der Waals surface area contributed by atoms with E-state index < -0.39 is 30.2 Å². The van der Waals surface area contributed by atoms with Crippen LogP contribution in [-0.4, -0.2) is 41.6 Å². The van der Waals surface area contributed by atoms with E-state index in [1.54, 1.807) is 60.4 Å². The van der Waals surface area contributed by atoms with Crippen LogP contribution in [-0.2, 0) is 28.7 Å². The first-order valence-corrected chi connectivity index (χ1v) is 11.6. The molecule has 196 valence electrons. The lowest BCUT2D eigenvalue weighted by molar-refractivity contribution is -0.140. The number of hydrogen-bond donors (Lipinski definition) is 1. The molecule has 3 aromatic carbocycles. The third-order valence-electron chi connectivity index (χ3n) is 5.84. The van der Waals surface area contributed by atoms with Crippen LogP contribution in [0.15, 0.2) is 66.7 Å². The topological polar surface area (TPSA) is 76.1 Å². The molecule has 1 N–H and O–H groups in total. The van der Waals surface area contributed by atoms with Crippen LogP contribution >= 0.6 is 0 Å². The molecule has 1 atom stereocenters. The number of likely N-dealkylation sites (N-methyl/N-ethyl adjacent to an activating group) is 1. The van der Waals surface area contributed by atoms with Gasteiger partial charge in [0.25, 0.3) is 5.91 Å². The number of nitrogens with zero attached hydrogens (tertiary/aromatic N) is 1. The van der Waals surface area contributed by atoms with Gasteiger partial charge < -0.3 is 19.5 Å². The second-order valence-corrected chi connectivity index (χ2v) is 8.36. The molecule has 9 heteroatoms. The first-order valence-electron chi connectivity index (χ1n) is 11.6. The van der Waals surface area contributed by atoms with Crippen LogP contribution in [0.2, 0.25) is 0 Å². The molecule has 0 aliphatic rings. The van der Waals surface area contributed by atoms with Crippen LogP contribution in [0.1, 0.15) is 30.5 Å². The third-order valence-corrected chi connectivity index (χ3v) is 5.84. The number of benzene rings is 3. The Morgan fingerprint density at radius 2 is 1.62 bits per heavy atom. The Bertz CT molecular complexity index is 1240. The highest BCUT2D eigenvalue weighted by Crippen LogP contribution is 2.41. The van der Waals surface area contributed by atoms with Crippen molar-refractivity contribution < 1.29 is 37.3 Å². The van der Waals surface area contributed by atoms with Gasteiger partial charge in [0.05, 0.1) is 19.1 Å². The Morgan fingerprint density at radius 1 is 0.973 bits per heavy atom. The summed E-state index contributed by atoms with van der Waals surface area (Å²) in [6.45, 7) is 4.00. The molecule has 0 spiro atoms. The van der Waals surface area contributed by atoms with Gasteiger partial charge in [-0.1, -0.05) is 42.5 Å². The fourth-order valence-electron chi connectivity index (χ4n) is 4.06. The van der Waals surface area contributed by atoms with Crippen molar-refractivity contribution in [3.05, 3.63) is 83.4 Å². The smallest absolute Gasteiger partial charge is 0.416 e. The van der Waals surface area contributed by atoms with Crippen molar-refractivity contribution >= 4 is 11.9 Å². The molecule has 0 aliphatic carbocycles. The van der Waals surface area contributed by atoms with E-state index in [-0.39, 0.29) is 23.8 Å². The van der Waals surface area contributed by atoms with Gasteiger partial charge in [0, 0.05) is 18.7 Å². The van der Waals surface area contributed by atoms with E-state index in [0.29, 0.717) is 29.0 Å². The number of methoxy groups -OCH3 is 1. The van der Waals surface area contributed by atoms with Crippen LogP contribution < -0.4 is 9.47 Å². The third kappa shape index (κ3) is 6.81. The summed E-state index contributed by atoms with van der Waals surface area (Å²) >= 11 is 0. The fourth-order valence-corrected chi connectivity index (χ4v) is 4.06. The number of para-hydroxylation sites is 1. The standard InChI is InChI=1S/C28H28F3NO5/c1-4-32(27(35)18(2)37-21-11-6-5-7-12-21)17-19-10-8-9-13-22(19)23-14-20(15-26(33)34)24(28(29,30)31)16-25(23)36-3/h5-14,16,18H,4,15,17H2,1-3H3,(H,33,34). The number of ether oxygens (including phenoxy) is 2. The SMILES string of the molecule is CCN(Cc1ccccc1-c1cc(CC(=O)O)c(C(F)(F)F)cc1OC)C(=O)C(C)Oc1ccccc1. The number of carboxylic acid groups (broad SMARTS) is 1. The number of aliphatic carboxylic acids is 1. The summed E-state index contributed by atoms with van der Waals surface area (Å²) < 4.78 is 52.0. The van der Waals surface area contributed by atoms with E-state index in [2.05, 4.69) is 0 Å². The first kappa shape index (κ1) is 27.6. The highest BCUT2D eigenvalue weighted by atomic mass is 19.4. The molecule has 3 aromatic rings. The van der Waals surface area contributed by atoms with Gasteiger partial charge in [0.1, 0.15) is 11.5 Å². The number of carbonyl (C=O) groups excluding carboxylic acids is 1. The fraction of sp³-hybridized carbons (Fsp3) is 0.286. The van der Waals surface area contributed by atoms with Gasteiger partial charge in [-0.05, 0) is 54.8 Å². The average molecular weight is 516 g/mol. The normalized spacial score (nSPS) is 12.1. The van der Waals surface area contributed by atoms with Gasteiger partial charge in [-0.15, -0.1) is 0 Å². The maximum absolute atomic E-state index is 13.7. The molecule has 0 aliphatic heterocycles. The minimum Gasteiger partial charge on any atom is -0.496 e. The lowest BCUT2D eigenvalue weighted by Crippen LogP contribution is -2.40. The first-order chi connectivity index (χ1) is 17.5. The number of carbonyl (C=O) groups is 2. The number of amides is 1. The molecular weight excluding hydrogens is 487 g/mol. The molecule has 0 saturated carbocycles. The highest BCUT2D eigenvalue weighted by Gasteiger charge is 2.35. The molecular formula is C28H28F3NO5. The van der Waals surface area contributed by atoms with Crippen LogP contribution in [0.25, 0.3) is 11.1 Å². The van der Waals surface area contributed by atoms with Gasteiger partial charge in [-0.25, -0.2) is 0 Å². The predicted molar refractivity (Wildman–Crippen MR) is 132 cm³/mol. The quantitative estimate of drug-likeness (QED) is 0.368. The van der Waals surface area contributed by atoms with Crippen molar-refractivity contribution in [1.29, 1.82) is 0 Å². The van der Waals surface area contributed by atoms with Gasteiger partial charge in [-0.3, -0.25) is 9.59 Å². The van der Waals surface area contributed by atoms with Gasteiger partial charge in [0.15, 0.2) is 6.10 Å². The Labute approximate surface area is 213 Å². The summed E-state index contributed by atoms with van der Waals surface area (Å²) in [5.74, 6) is -1.14. The lowest BCUT2D eigenvalue weighted by atomic mass is 9.93. The second kappa shape index (κ2) is 11.8. The average Bonchev–Trinajstić information content (AvgIpc) is 2.86. The maximum atomic E-state index is 13.7. The Hall–Kier alpha value is -4.01. The zero-order valence-corrected chi connectivity index (χ0v) is 20.7. The Morgan fingerprint density at radius 3 is 2.22 bits per heavy atom. The van der Waals surface area contributed by atoms with Gasteiger partial charge in [-0.2, -0.15) is 13.2 Å². The lowest BCUT2D eigenvalue weighted by Gasteiger charge is -2.26. The monoisotopic (exact) mass is 515 g/mol. The van der Waals surface area contributed by atoms with E-state index in [4.69, 9.17) is 9.47 Å². The molecule has 0 heterocycles. The summed E-state index contributed by atoms with van der Waals surface area (Å²) in [6, 6.07) is 17.9. The molecule has 1 unspecified atom stereocenters. The van der Waals surface area contributed by atoms with Crippen LogP contribution in [0.4, 0.5) is 13.2 Å². The maximum Gasteiger partial charge on any atom is 0.416 e. The largest absolute Gasteiger partial charge is 0.496 e. The van der Waals surface area contributed by atoms with E-state index in [1.807, 2.05) is 13.0 Å². The molecule has 6 nitrogen and oxygen atoms in total. The molecule has 0 bridgehead atoms. The second-order valence-electron chi connectivity index (χ2n) is 8.36. The zero-order chi connectivity index (χ0) is 27.2. The van der Waals surface area contributed by atoms with Gasteiger partial charge in [0.2, 0.25) is 0 Å². The van der Waals surface area contributed by atoms with Crippen LogP contribution in [0, 0.1) is 0 Å². The van der Waals surface area contributed by atoms with E-state index in [1.165, 1.54) is 13.2 Å². The summed E-state index contributed by atoms with van der Waals surface area (Å²) in [5.41, 5.74) is 0.0510. The molecule has 1 amide bonds. The highest BCUT2D eigenvalue weighted by molar-refractivity contribution is 5.82. The summed E-state index contributed by atoms with van der Waals surface area (Å²) in [5, 5.41) is 9.21. The summed E-state index contributed by atoms with van der Waals surface area (Å²) in [7, 11) is 1.25. The van der Waals surface area contributed by atoms with Crippen molar-refractivity contribution in [2.24, 2.45) is 0 Å². The van der Waals surface area contributed by atoms with Gasteiger partial charge >= 0.3 is 12.1 Å². The van der Waals surface area contributed by atoms with Crippen molar-refractivity contribution in [3.63, 3.8) is 0 Å². The number of hydrogen-bond acceptors (Lipinski definition) is 4. The predicted octanol–water partition coefficient (Wildman–Crippen LogP) is 5.82. The van der Waals surface area contributed by atoms with Crippen molar-refractivity contribution in [1.82, 2.24) is 4.90 Å². The summed E-state index contributed by atoms with van der Waals surface area (Å²) in [4.78, 5) is 26.1. The van der Waals surface area contributed by atoms with E-state index in [9.17, 15) is 27.9 Å². The minimum absolute atomic E-state index is 0.0518. The van der Waals surface area contributed by atoms with Crippen molar-refractivity contribution in [2.45, 2.75) is 39.1 Å². The molecule has 3 rings (SSSR count).